The summed E-state index contributed by atoms with van der Waals surface area (Å²) in [6, 6.07) is 45.8. The molecule has 0 aromatic heterocycles. The fourth-order valence-electron chi connectivity index (χ4n) is 5.21. The van der Waals surface area contributed by atoms with Gasteiger partial charge in [0.15, 0.2) is 0 Å². The second kappa shape index (κ2) is 13.9. The Morgan fingerprint density at radius 1 is 0.500 bits per heavy atom. The van der Waals surface area contributed by atoms with E-state index in [4.69, 9.17) is 0 Å². The van der Waals surface area contributed by atoms with E-state index in [0.717, 1.165) is 0 Å². The van der Waals surface area contributed by atoms with Crippen molar-refractivity contribution in [2.24, 2.45) is 0 Å². The van der Waals surface area contributed by atoms with E-state index >= 15 is 0 Å². The van der Waals surface area contributed by atoms with Gasteiger partial charge in [0.1, 0.15) is 0 Å². The van der Waals surface area contributed by atoms with E-state index in [9.17, 15) is 0 Å². The Morgan fingerprint density at radius 3 is 1.23 bits per heavy atom. The molecule has 44 heavy (non-hydrogen) atoms. The molecule has 0 saturated heterocycles. The molecule has 0 spiro atoms. The molecule has 0 amide bonds. The zero-order chi connectivity index (χ0) is 32.1. The van der Waals surface area contributed by atoms with Crippen LogP contribution in [0.2, 0.25) is 0 Å². The molecule has 0 bridgehead atoms. The molecule has 6 rings (SSSR count). The van der Waals surface area contributed by atoms with Crippen molar-refractivity contribution in [2.75, 3.05) is 0 Å². The van der Waals surface area contributed by atoms with Crippen molar-refractivity contribution in [3.63, 3.8) is 0 Å². The molecule has 1 heteroatoms. The molecule has 0 saturated carbocycles. The molecule has 0 atom stereocenters. The van der Waals surface area contributed by atoms with Crippen LogP contribution in [-0.2, 0) is 40.5 Å². The van der Waals surface area contributed by atoms with E-state index in [1.165, 1.54) is 76.8 Å². The van der Waals surface area contributed by atoms with Gasteiger partial charge in [-0.2, -0.15) is 23.8 Å². The van der Waals surface area contributed by atoms with E-state index < -0.39 is 0 Å². The molecular formula is C43H48Zr. The second-order valence-corrected chi connectivity index (χ2v) is 16.0. The third kappa shape index (κ3) is 8.73. The average Bonchev–Trinajstić information content (AvgIpc) is 3.66. The molecular weight excluding hydrogens is 608 g/mol. The quantitative estimate of drug-likeness (QED) is 0.163. The molecule has 0 aliphatic rings. The Balaban J connectivity index is 0.000000165. The van der Waals surface area contributed by atoms with Gasteiger partial charge in [-0.1, -0.05) is 103 Å². The summed E-state index contributed by atoms with van der Waals surface area (Å²) in [5, 5.41) is 5.48. The molecule has 0 radical (unpaired) electrons. The van der Waals surface area contributed by atoms with Gasteiger partial charge in [-0.25, -0.2) is 6.07 Å². The van der Waals surface area contributed by atoms with E-state index in [1.807, 2.05) is 0 Å². The van der Waals surface area contributed by atoms with Crippen LogP contribution in [-0.4, -0.2) is 3.21 Å². The van der Waals surface area contributed by atoms with E-state index in [-0.39, 0.29) is 10.8 Å². The number of hydrogen-bond donors (Lipinski definition) is 0. The first-order valence-corrected chi connectivity index (χ1v) is 16.9. The second-order valence-electron chi connectivity index (χ2n) is 14.8. The summed E-state index contributed by atoms with van der Waals surface area (Å²) >= 11 is 1.46. The summed E-state index contributed by atoms with van der Waals surface area (Å²) < 4.78 is 1.42. The van der Waals surface area contributed by atoms with Gasteiger partial charge >= 0.3 is 99.2 Å². The van der Waals surface area contributed by atoms with Crippen molar-refractivity contribution in [1.82, 2.24) is 0 Å². The van der Waals surface area contributed by atoms with Gasteiger partial charge < -0.3 is 0 Å². The molecule has 0 fully saturated rings. The Morgan fingerprint density at radius 2 is 0.909 bits per heavy atom. The molecule has 0 unspecified atom stereocenters. The SMILES string of the molecule is CC(C)(C)c1cc[cH-]c1.CC(C)(C)c1ccc2c(c1)[cH-]c1cc(C(C)(C)C)ccc12.[Zr+2]=[C](c1ccccc1)c1ccccc1. The Hall–Kier alpha value is -3.15. The van der Waals surface area contributed by atoms with Crippen molar-refractivity contribution in [3.05, 3.63) is 155 Å². The molecule has 0 aliphatic carbocycles. The summed E-state index contributed by atoms with van der Waals surface area (Å²) in [7, 11) is 0. The van der Waals surface area contributed by atoms with Crippen LogP contribution in [0.5, 0.6) is 0 Å². The van der Waals surface area contributed by atoms with Gasteiger partial charge in [0.25, 0.3) is 0 Å². The molecule has 0 heterocycles. The van der Waals surface area contributed by atoms with E-state index in [2.05, 4.69) is 190 Å². The van der Waals surface area contributed by atoms with Crippen molar-refractivity contribution in [1.29, 1.82) is 0 Å². The standard InChI is InChI=1S/C21H25.C13H10.C9H13.Zr/c1-20(2,3)16-7-9-18-14(12-16)11-15-13-17(21(4,5)6)8-10-19(15)18;1-3-7-12(8-4-1)11-13-9-5-2-6-10-13;1-9(2,3)8-6-4-5-7-8;/h7-13H,1-6H3;1-10H;4-7H,1-3H3;/q-1;;-1;+2. The van der Waals surface area contributed by atoms with E-state index in [0.29, 0.717) is 5.41 Å². The van der Waals surface area contributed by atoms with Gasteiger partial charge in [0.05, 0.1) is 0 Å². The van der Waals surface area contributed by atoms with Gasteiger partial charge in [-0.05, 0) is 10.8 Å². The van der Waals surface area contributed by atoms with Crippen molar-refractivity contribution >= 4 is 24.8 Å². The van der Waals surface area contributed by atoms with Crippen LogP contribution >= 0.6 is 0 Å². The first kappa shape index (κ1) is 33.7. The molecule has 224 valence electrons. The topological polar surface area (TPSA) is 0 Å². The zero-order valence-corrected chi connectivity index (χ0v) is 30.6. The van der Waals surface area contributed by atoms with Crippen molar-refractivity contribution < 1.29 is 24.2 Å². The van der Waals surface area contributed by atoms with Crippen LogP contribution in [0.3, 0.4) is 0 Å². The molecule has 6 aromatic carbocycles. The van der Waals surface area contributed by atoms with Gasteiger partial charge in [0.2, 0.25) is 0 Å². The van der Waals surface area contributed by atoms with Crippen LogP contribution in [0, 0.1) is 0 Å². The summed E-state index contributed by atoms with van der Waals surface area (Å²) in [5.74, 6) is 0. The number of rotatable bonds is 2. The number of benzene rings is 4. The third-order valence-corrected chi connectivity index (χ3v) is 9.51. The van der Waals surface area contributed by atoms with Crippen molar-refractivity contribution in [3.8, 4) is 0 Å². The van der Waals surface area contributed by atoms with Crippen LogP contribution < -0.4 is 0 Å². The maximum absolute atomic E-state index is 2.35. The maximum atomic E-state index is 2.35. The Kier molecular flexibility index (Phi) is 10.6. The predicted molar refractivity (Wildman–Crippen MR) is 191 cm³/mol. The summed E-state index contributed by atoms with van der Waals surface area (Å²) in [5.41, 5.74) is 7.62. The molecule has 0 nitrogen and oxygen atoms in total. The number of fused-ring (bicyclic) bond motifs is 3. The van der Waals surface area contributed by atoms with Gasteiger partial charge in [0, 0.05) is 0 Å². The summed E-state index contributed by atoms with van der Waals surface area (Å²) in [4.78, 5) is 0. The van der Waals surface area contributed by atoms with Crippen LogP contribution in [0.1, 0.15) is 90.1 Å². The van der Waals surface area contributed by atoms with Crippen LogP contribution in [0.25, 0.3) is 21.5 Å². The monoisotopic (exact) mass is 654 g/mol. The minimum absolute atomic E-state index is 0.203. The number of hydrogen-bond acceptors (Lipinski definition) is 0. The average molecular weight is 656 g/mol. The minimum atomic E-state index is 0.203. The van der Waals surface area contributed by atoms with Crippen LogP contribution in [0.4, 0.5) is 0 Å². The molecule has 0 N–H and O–H groups in total. The Labute approximate surface area is 281 Å². The summed E-state index contributed by atoms with van der Waals surface area (Å²) in [6.45, 7) is 20.3. The fraction of sp³-hybridized carbons (Fsp3) is 0.279. The van der Waals surface area contributed by atoms with Gasteiger partial charge in [-0.3, -0.25) is 0 Å². The fourth-order valence-corrected chi connectivity index (χ4v) is 6.03. The van der Waals surface area contributed by atoms with Gasteiger partial charge in [-0.15, -0.1) is 39.7 Å². The third-order valence-electron chi connectivity index (χ3n) is 8.09. The predicted octanol–water partition coefficient (Wildman–Crippen LogP) is 11.8. The van der Waals surface area contributed by atoms with E-state index in [1.54, 1.807) is 0 Å². The first-order valence-electron chi connectivity index (χ1n) is 15.7. The molecule has 6 aromatic rings. The van der Waals surface area contributed by atoms with Crippen molar-refractivity contribution in [2.45, 2.75) is 78.6 Å². The van der Waals surface area contributed by atoms with Crippen LogP contribution in [0.15, 0.2) is 127 Å². The zero-order valence-electron chi connectivity index (χ0n) is 28.1. The first-order chi connectivity index (χ1) is 20.6. The summed E-state index contributed by atoms with van der Waals surface area (Å²) in [6.07, 6.45) is 0. The normalized spacial score (nSPS) is 11.9. The Bertz CT molecular complexity index is 1670. The molecule has 0 aliphatic heterocycles.